The predicted octanol–water partition coefficient (Wildman–Crippen LogP) is 2.02. The Morgan fingerprint density at radius 2 is 2.00 bits per heavy atom. The van der Waals surface area contributed by atoms with E-state index in [0.717, 1.165) is 31.5 Å². The molecule has 1 unspecified atom stereocenters. The van der Waals surface area contributed by atoms with Gasteiger partial charge in [0, 0.05) is 13.1 Å². The van der Waals surface area contributed by atoms with Gasteiger partial charge in [0.05, 0.1) is 18.2 Å². The summed E-state index contributed by atoms with van der Waals surface area (Å²) in [6, 6.07) is 8.14. The third kappa shape index (κ3) is 4.55. The molecule has 1 saturated heterocycles. The molecule has 1 aromatic carbocycles. The Kier molecular flexibility index (Phi) is 5.01. The van der Waals surface area contributed by atoms with Crippen LogP contribution in [-0.2, 0) is 4.79 Å². The maximum Gasteiger partial charge on any atom is 0.234 e. The van der Waals surface area contributed by atoms with E-state index in [9.17, 15) is 9.90 Å². The molecule has 0 bridgehead atoms. The van der Waals surface area contributed by atoms with Crippen LogP contribution in [0.2, 0.25) is 0 Å². The van der Waals surface area contributed by atoms with Crippen molar-refractivity contribution < 1.29 is 9.90 Å². The van der Waals surface area contributed by atoms with Crippen molar-refractivity contribution in [2.75, 3.05) is 19.6 Å². The van der Waals surface area contributed by atoms with E-state index >= 15 is 0 Å². The molecule has 2 rings (SSSR count). The fraction of sp³-hybridized carbons (Fsp3) is 0.588. The molecule has 0 radical (unpaired) electrons. The largest absolute Gasteiger partial charge is 0.390 e. The zero-order valence-corrected chi connectivity index (χ0v) is 13.2. The van der Waals surface area contributed by atoms with Gasteiger partial charge in [0.1, 0.15) is 0 Å². The van der Waals surface area contributed by atoms with Crippen LogP contribution in [0.15, 0.2) is 24.3 Å². The number of rotatable bonds is 4. The number of carbonyl (C=O) groups is 1. The first kappa shape index (κ1) is 16.0. The van der Waals surface area contributed by atoms with Crippen LogP contribution in [0.3, 0.4) is 0 Å². The SMILES string of the molecule is Cc1ccccc1C(C)NC(=O)CN1CCC(C)(O)CC1. The Morgan fingerprint density at radius 3 is 2.62 bits per heavy atom. The highest BCUT2D eigenvalue weighted by atomic mass is 16.3. The minimum absolute atomic E-state index is 0.0200. The van der Waals surface area contributed by atoms with Crippen LogP contribution in [0.5, 0.6) is 0 Å². The Morgan fingerprint density at radius 1 is 1.38 bits per heavy atom. The number of aryl methyl sites for hydroxylation is 1. The molecule has 1 aromatic rings. The molecule has 2 N–H and O–H groups in total. The molecule has 4 nitrogen and oxygen atoms in total. The number of benzene rings is 1. The fourth-order valence-corrected chi connectivity index (χ4v) is 2.83. The lowest BCUT2D eigenvalue weighted by Crippen LogP contribution is -2.46. The lowest BCUT2D eigenvalue weighted by Gasteiger charge is -2.35. The number of hydrogen-bond donors (Lipinski definition) is 2. The van der Waals surface area contributed by atoms with E-state index in [2.05, 4.69) is 29.3 Å². The minimum Gasteiger partial charge on any atom is -0.390 e. The highest BCUT2D eigenvalue weighted by Gasteiger charge is 2.28. The van der Waals surface area contributed by atoms with Crippen LogP contribution >= 0.6 is 0 Å². The summed E-state index contributed by atoms with van der Waals surface area (Å²) in [7, 11) is 0. The second-order valence-corrected chi connectivity index (χ2v) is 6.42. The second-order valence-electron chi connectivity index (χ2n) is 6.42. The lowest BCUT2D eigenvalue weighted by molar-refractivity contribution is -0.124. The molecular formula is C17H26N2O2. The van der Waals surface area contributed by atoms with Gasteiger partial charge in [-0.2, -0.15) is 0 Å². The number of likely N-dealkylation sites (tertiary alicyclic amines) is 1. The maximum atomic E-state index is 12.2. The topological polar surface area (TPSA) is 52.6 Å². The highest BCUT2D eigenvalue weighted by molar-refractivity contribution is 5.78. The summed E-state index contributed by atoms with van der Waals surface area (Å²) in [5.41, 5.74) is 1.79. The summed E-state index contributed by atoms with van der Waals surface area (Å²) in [5.74, 6) is 0.0484. The van der Waals surface area contributed by atoms with E-state index in [1.54, 1.807) is 0 Å². The zero-order valence-electron chi connectivity index (χ0n) is 13.2. The third-order valence-corrected chi connectivity index (χ3v) is 4.33. The van der Waals surface area contributed by atoms with E-state index in [0.29, 0.717) is 6.54 Å². The Balaban J connectivity index is 1.84. The van der Waals surface area contributed by atoms with Gasteiger partial charge >= 0.3 is 0 Å². The van der Waals surface area contributed by atoms with E-state index < -0.39 is 5.60 Å². The number of piperidine rings is 1. The van der Waals surface area contributed by atoms with Crippen LogP contribution in [-0.4, -0.2) is 41.1 Å². The smallest absolute Gasteiger partial charge is 0.234 e. The molecule has 1 heterocycles. The van der Waals surface area contributed by atoms with Gasteiger partial charge in [-0.3, -0.25) is 9.69 Å². The van der Waals surface area contributed by atoms with Gasteiger partial charge in [0.2, 0.25) is 5.91 Å². The molecule has 1 aliphatic heterocycles. The lowest BCUT2D eigenvalue weighted by atomic mass is 9.94. The first-order chi connectivity index (χ1) is 9.87. The van der Waals surface area contributed by atoms with Gasteiger partial charge in [-0.05, 0) is 44.7 Å². The van der Waals surface area contributed by atoms with Crippen molar-refractivity contribution in [1.82, 2.24) is 10.2 Å². The molecule has 1 amide bonds. The van der Waals surface area contributed by atoms with Crippen molar-refractivity contribution in [3.8, 4) is 0 Å². The fourth-order valence-electron chi connectivity index (χ4n) is 2.83. The van der Waals surface area contributed by atoms with Crippen LogP contribution < -0.4 is 5.32 Å². The second kappa shape index (κ2) is 6.58. The summed E-state index contributed by atoms with van der Waals surface area (Å²) >= 11 is 0. The number of nitrogens with one attached hydrogen (secondary N) is 1. The van der Waals surface area contributed by atoms with Gasteiger partial charge in [-0.15, -0.1) is 0 Å². The van der Waals surface area contributed by atoms with Crippen LogP contribution in [0.25, 0.3) is 0 Å². The average molecular weight is 290 g/mol. The monoisotopic (exact) mass is 290 g/mol. The number of carbonyl (C=O) groups excluding carboxylic acids is 1. The van der Waals surface area contributed by atoms with Gasteiger partial charge in [-0.25, -0.2) is 0 Å². The van der Waals surface area contributed by atoms with Gasteiger partial charge in [-0.1, -0.05) is 24.3 Å². The molecule has 21 heavy (non-hydrogen) atoms. The quantitative estimate of drug-likeness (QED) is 0.892. The van der Waals surface area contributed by atoms with E-state index in [1.165, 1.54) is 5.56 Å². The molecule has 0 aromatic heterocycles. The first-order valence-corrected chi connectivity index (χ1v) is 7.67. The third-order valence-electron chi connectivity index (χ3n) is 4.33. The minimum atomic E-state index is -0.568. The average Bonchev–Trinajstić information content (AvgIpc) is 2.41. The summed E-state index contributed by atoms with van der Waals surface area (Å²) in [4.78, 5) is 14.3. The van der Waals surface area contributed by atoms with Gasteiger partial charge in [0.15, 0.2) is 0 Å². The first-order valence-electron chi connectivity index (χ1n) is 7.67. The molecule has 1 fully saturated rings. The van der Waals surface area contributed by atoms with Crippen molar-refractivity contribution in [3.05, 3.63) is 35.4 Å². The van der Waals surface area contributed by atoms with Crippen molar-refractivity contribution >= 4 is 5.91 Å². The van der Waals surface area contributed by atoms with E-state index in [4.69, 9.17) is 0 Å². The Hall–Kier alpha value is -1.39. The van der Waals surface area contributed by atoms with Gasteiger partial charge in [0.25, 0.3) is 0 Å². The molecular weight excluding hydrogens is 264 g/mol. The molecule has 1 aliphatic rings. The maximum absolute atomic E-state index is 12.2. The highest BCUT2D eigenvalue weighted by Crippen LogP contribution is 2.21. The number of amides is 1. The van der Waals surface area contributed by atoms with E-state index in [1.807, 2.05) is 26.0 Å². The van der Waals surface area contributed by atoms with Crippen LogP contribution in [0.4, 0.5) is 0 Å². The normalized spacial score (nSPS) is 20.0. The Bertz CT molecular complexity index is 489. The van der Waals surface area contributed by atoms with Crippen LogP contribution in [0, 0.1) is 6.92 Å². The molecule has 0 spiro atoms. The summed E-state index contributed by atoms with van der Waals surface area (Å²) in [6.45, 7) is 7.90. The molecule has 116 valence electrons. The number of aliphatic hydroxyl groups is 1. The summed E-state index contributed by atoms with van der Waals surface area (Å²) in [6.07, 6.45) is 1.46. The predicted molar refractivity (Wildman–Crippen MR) is 84.0 cm³/mol. The summed E-state index contributed by atoms with van der Waals surface area (Å²) in [5, 5.41) is 13.0. The van der Waals surface area contributed by atoms with Crippen molar-refractivity contribution in [2.24, 2.45) is 0 Å². The number of nitrogens with zero attached hydrogens (tertiary/aromatic N) is 1. The van der Waals surface area contributed by atoms with E-state index in [-0.39, 0.29) is 11.9 Å². The van der Waals surface area contributed by atoms with Crippen molar-refractivity contribution in [3.63, 3.8) is 0 Å². The Labute approximate surface area is 127 Å². The number of hydrogen-bond acceptors (Lipinski definition) is 3. The standard InChI is InChI=1S/C17H26N2O2/c1-13-6-4-5-7-15(13)14(2)18-16(20)12-19-10-8-17(3,21)9-11-19/h4-7,14,21H,8-12H2,1-3H3,(H,18,20). The molecule has 0 saturated carbocycles. The van der Waals surface area contributed by atoms with Gasteiger partial charge < -0.3 is 10.4 Å². The summed E-state index contributed by atoms with van der Waals surface area (Å²) < 4.78 is 0. The van der Waals surface area contributed by atoms with Crippen molar-refractivity contribution in [1.29, 1.82) is 0 Å². The molecule has 4 heteroatoms. The molecule has 1 atom stereocenters. The van der Waals surface area contributed by atoms with Crippen molar-refractivity contribution in [2.45, 2.75) is 45.3 Å². The van der Waals surface area contributed by atoms with Crippen LogP contribution in [0.1, 0.15) is 43.9 Å². The zero-order chi connectivity index (χ0) is 15.5. The molecule has 0 aliphatic carbocycles.